The summed E-state index contributed by atoms with van der Waals surface area (Å²) in [6, 6.07) is 8.16. The molecule has 0 aliphatic carbocycles. The maximum Gasteiger partial charge on any atom is 0.182 e. The summed E-state index contributed by atoms with van der Waals surface area (Å²) in [5.41, 5.74) is 2.63. The smallest absolute Gasteiger partial charge is 0.182 e. The molecule has 0 amide bonds. The average Bonchev–Trinajstić information content (AvgIpc) is 2.98. The Morgan fingerprint density at radius 3 is 2.76 bits per heavy atom. The van der Waals surface area contributed by atoms with Crippen molar-refractivity contribution in [1.29, 1.82) is 0 Å². The highest BCUT2D eigenvalue weighted by Gasteiger charge is 2.10. The number of ether oxygens (including phenoxy) is 1. The van der Waals surface area contributed by atoms with Crippen LogP contribution in [0.25, 0.3) is 11.2 Å². The normalized spacial score (nSPS) is 12.3. The van der Waals surface area contributed by atoms with Gasteiger partial charge >= 0.3 is 0 Å². The lowest BCUT2D eigenvalue weighted by Gasteiger charge is -2.15. The molecule has 0 saturated heterocycles. The van der Waals surface area contributed by atoms with E-state index in [4.69, 9.17) is 4.74 Å². The van der Waals surface area contributed by atoms with Gasteiger partial charge in [0.25, 0.3) is 0 Å². The van der Waals surface area contributed by atoms with Gasteiger partial charge in [0.2, 0.25) is 0 Å². The van der Waals surface area contributed by atoms with Gasteiger partial charge in [-0.15, -0.1) is 0 Å². The molecule has 6 nitrogen and oxygen atoms in total. The highest BCUT2D eigenvalue weighted by molar-refractivity contribution is 5.82. The van der Waals surface area contributed by atoms with E-state index in [9.17, 15) is 0 Å². The third-order valence-corrected chi connectivity index (χ3v) is 3.27. The van der Waals surface area contributed by atoms with Crippen molar-refractivity contribution in [2.24, 2.45) is 0 Å². The Bertz CT molecular complexity index is 722. The molecule has 6 heteroatoms. The molecular weight excluding hydrogens is 266 g/mol. The minimum atomic E-state index is 0.113. The number of H-pyrrole nitrogens is 1. The van der Waals surface area contributed by atoms with Gasteiger partial charge in [0, 0.05) is 0 Å². The van der Waals surface area contributed by atoms with E-state index in [1.54, 1.807) is 6.33 Å². The number of anilines is 1. The second-order valence-corrected chi connectivity index (χ2v) is 4.69. The van der Waals surface area contributed by atoms with Crippen LogP contribution >= 0.6 is 0 Å². The highest BCUT2D eigenvalue weighted by Crippen LogP contribution is 2.23. The van der Waals surface area contributed by atoms with Crippen molar-refractivity contribution in [2.45, 2.75) is 19.9 Å². The number of nitrogens with one attached hydrogen (secondary N) is 2. The molecule has 0 aliphatic rings. The molecule has 3 aromatic rings. The standard InChI is InChI=1S/C15H17N5O/c1-3-21-12-6-4-11(5-7-12)10(2)20-15-13-14(17-8-16-13)18-9-19-15/h4-10H,3H2,1-2H3,(H2,16,17,18,19,20)/t10-/m0/s1. The van der Waals surface area contributed by atoms with E-state index in [1.165, 1.54) is 6.33 Å². The van der Waals surface area contributed by atoms with E-state index in [0.717, 1.165) is 22.6 Å². The number of aromatic amines is 1. The van der Waals surface area contributed by atoms with Gasteiger partial charge in [-0.3, -0.25) is 0 Å². The lowest BCUT2D eigenvalue weighted by atomic mass is 10.1. The van der Waals surface area contributed by atoms with Crippen LogP contribution in [-0.2, 0) is 0 Å². The van der Waals surface area contributed by atoms with Crippen molar-refractivity contribution in [3.63, 3.8) is 0 Å². The summed E-state index contributed by atoms with van der Waals surface area (Å²) < 4.78 is 5.45. The number of fused-ring (bicyclic) bond motifs is 1. The van der Waals surface area contributed by atoms with Crippen LogP contribution in [0.3, 0.4) is 0 Å². The Kier molecular flexibility index (Phi) is 3.68. The van der Waals surface area contributed by atoms with Crippen molar-refractivity contribution in [2.75, 3.05) is 11.9 Å². The molecule has 0 unspecified atom stereocenters. The van der Waals surface area contributed by atoms with Crippen molar-refractivity contribution in [3.8, 4) is 5.75 Å². The minimum Gasteiger partial charge on any atom is -0.494 e. The van der Waals surface area contributed by atoms with E-state index < -0.39 is 0 Å². The van der Waals surface area contributed by atoms with E-state index in [1.807, 2.05) is 31.2 Å². The van der Waals surface area contributed by atoms with Gasteiger partial charge in [-0.25, -0.2) is 15.0 Å². The molecule has 0 saturated carbocycles. The van der Waals surface area contributed by atoms with Crippen LogP contribution in [-0.4, -0.2) is 26.5 Å². The van der Waals surface area contributed by atoms with Crippen LogP contribution in [0.5, 0.6) is 5.75 Å². The zero-order valence-electron chi connectivity index (χ0n) is 12.0. The molecule has 0 radical (unpaired) electrons. The van der Waals surface area contributed by atoms with Gasteiger partial charge in [0.15, 0.2) is 11.5 Å². The molecule has 21 heavy (non-hydrogen) atoms. The van der Waals surface area contributed by atoms with Gasteiger partial charge in [0.1, 0.15) is 17.6 Å². The molecule has 0 spiro atoms. The second kappa shape index (κ2) is 5.78. The van der Waals surface area contributed by atoms with Gasteiger partial charge < -0.3 is 15.0 Å². The van der Waals surface area contributed by atoms with E-state index >= 15 is 0 Å². The average molecular weight is 283 g/mol. The van der Waals surface area contributed by atoms with E-state index in [-0.39, 0.29) is 6.04 Å². The van der Waals surface area contributed by atoms with Crippen molar-refractivity contribution < 1.29 is 4.74 Å². The number of hydrogen-bond donors (Lipinski definition) is 2. The number of benzene rings is 1. The number of rotatable bonds is 5. The maximum absolute atomic E-state index is 5.45. The third kappa shape index (κ3) is 2.79. The molecule has 3 rings (SSSR count). The SMILES string of the molecule is CCOc1ccc([C@H](C)Nc2ncnc3nc[nH]c23)cc1. The Hall–Kier alpha value is -2.63. The fourth-order valence-electron chi connectivity index (χ4n) is 2.18. The van der Waals surface area contributed by atoms with Crippen LogP contribution in [0.4, 0.5) is 5.82 Å². The van der Waals surface area contributed by atoms with E-state index in [0.29, 0.717) is 12.3 Å². The summed E-state index contributed by atoms with van der Waals surface area (Å²) in [7, 11) is 0. The highest BCUT2D eigenvalue weighted by atomic mass is 16.5. The zero-order valence-corrected chi connectivity index (χ0v) is 12.0. The first-order valence-electron chi connectivity index (χ1n) is 6.91. The Labute approximate surface area is 122 Å². The predicted octanol–water partition coefficient (Wildman–Crippen LogP) is 2.92. The summed E-state index contributed by atoms with van der Waals surface area (Å²) in [5, 5.41) is 3.38. The van der Waals surface area contributed by atoms with Gasteiger partial charge in [-0.1, -0.05) is 12.1 Å². The monoisotopic (exact) mass is 283 g/mol. The van der Waals surface area contributed by atoms with Gasteiger partial charge in [0.05, 0.1) is 19.0 Å². The summed E-state index contributed by atoms with van der Waals surface area (Å²) in [4.78, 5) is 15.6. The molecule has 0 aliphatic heterocycles. The van der Waals surface area contributed by atoms with Crippen LogP contribution in [0.15, 0.2) is 36.9 Å². The van der Waals surface area contributed by atoms with Crippen molar-refractivity contribution in [3.05, 3.63) is 42.5 Å². The molecule has 1 aromatic carbocycles. The summed E-state index contributed by atoms with van der Waals surface area (Å²) >= 11 is 0. The first kappa shape index (κ1) is 13.4. The second-order valence-electron chi connectivity index (χ2n) is 4.69. The number of hydrogen-bond acceptors (Lipinski definition) is 5. The van der Waals surface area contributed by atoms with Gasteiger partial charge in [-0.2, -0.15) is 0 Å². The van der Waals surface area contributed by atoms with Crippen LogP contribution in [0.1, 0.15) is 25.5 Å². The van der Waals surface area contributed by atoms with Crippen molar-refractivity contribution in [1.82, 2.24) is 19.9 Å². The fraction of sp³-hybridized carbons (Fsp3) is 0.267. The topological polar surface area (TPSA) is 75.7 Å². The predicted molar refractivity (Wildman–Crippen MR) is 81.3 cm³/mol. The molecule has 0 fully saturated rings. The summed E-state index contributed by atoms with van der Waals surface area (Å²) in [5.74, 6) is 1.63. The molecule has 2 heterocycles. The molecule has 2 aromatic heterocycles. The Balaban J connectivity index is 1.79. The Morgan fingerprint density at radius 1 is 1.19 bits per heavy atom. The zero-order chi connectivity index (χ0) is 14.7. The first-order chi connectivity index (χ1) is 10.3. The molecule has 2 N–H and O–H groups in total. The molecular formula is C15H17N5O. The lowest BCUT2D eigenvalue weighted by Crippen LogP contribution is -2.08. The first-order valence-corrected chi connectivity index (χ1v) is 6.91. The number of imidazole rings is 1. The summed E-state index contributed by atoms with van der Waals surface area (Å²) in [6.07, 6.45) is 3.13. The fourth-order valence-corrected chi connectivity index (χ4v) is 2.18. The number of nitrogens with zero attached hydrogens (tertiary/aromatic N) is 3. The van der Waals surface area contributed by atoms with Crippen molar-refractivity contribution >= 4 is 17.0 Å². The molecule has 1 atom stereocenters. The van der Waals surface area contributed by atoms with Crippen LogP contribution in [0, 0.1) is 0 Å². The maximum atomic E-state index is 5.45. The molecule has 108 valence electrons. The quantitative estimate of drug-likeness (QED) is 0.753. The number of aromatic nitrogens is 4. The Morgan fingerprint density at radius 2 is 2.00 bits per heavy atom. The largest absolute Gasteiger partial charge is 0.494 e. The minimum absolute atomic E-state index is 0.113. The molecule has 0 bridgehead atoms. The lowest BCUT2D eigenvalue weighted by molar-refractivity contribution is 0.340. The van der Waals surface area contributed by atoms with E-state index in [2.05, 4.69) is 32.2 Å². The summed E-state index contributed by atoms with van der Waals surface area (Å²) in [6.45, 7) is 4.73. The third-order valence-electron chi connectivity index (χ3n) is 3.27. The van der Waals surface area contributed by atoms with Gasteiger partial charge in [-0.05, 0) is 31.5 Å². The van der Waals surface area contributed by atoms with Crippen LogP contribution < -0.4 is 10.1 Å². The van der Waals surface area contributed by atoms with Crippen LogP contribution in [0.2, 0.25) is 0 Å².